The summed E-state index contributed by atoms with van der Waals surface area (Å²) in [4.78, 5) is 0. The van der Waals surface area contributed by atoms with Crippen molar-refractivity contribution < 1.29 is 0 Å². The van der Waals surface area contributed by atoms with E-state index in [1.54, 1.807) is 0 Å². The summed E-state index contributed by atoms with van der Waals surface area (Å²) in [6, 6.07) is 65.3. The smallest absolute Gasteiger partial charge is 0.101 e. The summed E-state index contributed by atoms with van der Waals surface area (Å²) in [7, 11) is 0. The van der Waals surface area contributed by atoms with Crippen LogP contribution in [0.4, 0.5) is 0 Å². The molecule has 4 heteroatoms. The lowest BCUT2D eigenvalue weighted by Crippen LogP contribution is -2.03. The van der Waals surface area contributed by atoms with Gasteiger partial charge in [-0.1, -0.05) is 115 Å². The molecule has 3 aromatic heterocycles. The van der Waals surface area contributed by atoms with E-state index in [9.17, 15) is 5.26 Å². The maximum absolute atomic E-state index is 10.8. The van der Waals surface area contributed by atoms with E-state index in [0.717, 1.165) is 61.0 Å². The molecule has 11 aromatic rings. The normalized spacial score (nSPS) is 11.8. The first kappa shape index (κ1) is 30.3. The minimum atomic E-state index is 0.620. The molecule has 0 aliphatic rings. The van der Waals surface area contributed by atoms with Gasteiger partial charge in [0.05, 0.1) is 50.0 Å². The van der Waals surface area contributed by atoms with Crippen molar-refractivity contribution in [3.8, 4) is 34.3 Å². The second-order valence-corrected chi connectivity index (χ2v) is 14.1. The van der Waals surface area contributed by atoms with E-state index < -0.39 is 0 Å². The third kappa shape index (κ3) is 4.24. The van der Waals surface area contributed by atoms with Crippen molar-refractivity contribution in [1.82, 2.24) is 13.7 Å². The lowest BCUT2D eigenvalue weighted by molar-refractivity contribution is 1.15. The first-order valence-corrected chi connectivity index (χ1v) is 18.3. The summed E-state index contributed by atoms with van der Waals surface area (Å²) in [5.74, 6) is 0. The summed E-state index contributed by atoms with van der Waals surface area (Å²) >= 11 is 0. The maximum Gasteiger partial charge on any atom is 0.101 e. The van der Waals surface area contributed by atoms with Crippen LogP contribution in [0.15, 0.2) is 176 Å². The number of rotatable bonds is 4. The van der Waals surface area contributed by atoms with Crippen LogP contribution in [0.3, 0.4) is 0 Å². The van der Waals surface area contributed by atoms with Gasteiger partial charge in [-0.2, -0.15) is 5.26 Å². The van der Waals surface area contributed by atoms with Crippen LogP contribution in [-0.4, -0.2) is 13.7 Å². The molecule has 0 saturated heterocycles. The van der Waals surface area contributed by atoms with Crippen molar-refractivity contribution in [1.29, 1.82) is 5.26 Å². The Morgan fingerprint density at radius 1 is 0.389 bits per heavy atom. The molecule has 11 rings (SSSR count). The molecule has 252 valence electrons. The van der Waals surface area contributed by atoms with Gasteiger partial charge in [0.2, 0.25) is 0 Å². The van der Waals surface area contributed by atoms with Gasteiger partial charge in [0.25, 0.3) is 0 Å². The zero-order chi connectivity index (χ0) is 35.9. The molecule has 0 N–H and O–H groups in total. The Bertz CT molecular complexity index is 3310. The van der Waals surface area contributed by atoms with Crippen molar-refractivity contribution in [3.05, 3.63) is 187 Å². The van der Waals surface area contributed by atoms with Crippen LogP contribution < -0.4 is 0 Å². The Kier molecular flexibility index (Phi) is 6.50. The van der Waals surface area contributed by atoms with E-state index in [0.29, 0.717) is 5.56 Å². The number of para-hydroxylation sites is 6. The van der Waals surface area contributed by atoms with Gasteiger partial charge < -0.3 is 13.7 Å². The van der Waals surface area contributed by atoms with E-state index in [1.807, 2.05) is 12.1 Å². The number of benzene rings is 8. The van der Waals surface area contributed by atoms with Crippen molar-refractivity contribution in [3.63, 3.8) is 0 Å². The van der Waals surface area contributed by atoms with Gasteiger partial charge in [-0.3, -0.25) is 0 Å². The fraction of sp³-hybridized carbons (Fsp3) is 0.0200. The third-order valence-corrected chi connectivity index (χ3v) is 11.1. The Balaban J connectivity index is 1.20. The highest BCUT2D eigenvalue weighted by Crippen LogP contribution is 2.43. The maximum atomic E-state index is 10.8. The number of aromatic nitrogens is 3. The Morgan fingerprint density at radius 3 is 1.57 bits per heavy atom. The van der Waals surface area contributed by atoms with Gasteiger partial charge in [-0.25, -0.2) is 0 Å². The van der Waals surface area contributed by atoms with Crippen molar-refractivity contribution in [2.75, 3.05) is 0 Å². The predicted molar refractivity (Wildman–Crippen MR) is 224 cm³/mol. The van der Waals surface area contributed by atoms with Crippen LogP contribution in [0.1, 0.15) is 11.1 Å². The molecule has 0 atom stereocenters. The molecule has 0 amide bonds. The summed E-state index contributed by atoms with van der Waals surface area (Å²) < 4.78 is 7.06. The quantitative estimate of drug-likeness (QED) is 0.181. The minimum absolute atomic E-state index is 0.620. The summed E-state index contributed by atoms with van der Waals surface area (Å²) in [6.45, 7) is 2.15. The zero-order valence-electron chi connectivity index (χ0n) is 29.5. The molecular formula is C50H32N4. The molecule has 54 heavy (non-hydrogen) atoms. The second kappa shape index (κ2) is 11.6. The molecule has 0 aliphatic carbocycles. The molecule has 8 aromatic carbocycles. The summed E-state index contributed by atoms with van der Waals surface area (Å²) in [5, 5.41) is 18.0. The SMILES string of the molecule is Cc1ccc2c3ccccc3n(-c3ccccc3-c3cccc(C#N)c3-n3c4ccccc4c4cc(-n5c6ccccc6c6ccccc65)ccc43)c2c1. The lowest BCUT2D eigenvalue weighted by Gasteiger charge is -2.19. The number of nitrogens with zero attached hydrogens (tertiary/aromatic N) is 4. The summed E-state index contributed by atoms with van der Waals surface area (Å²) in [6.07, 6.45) is 0. The molecule has 4 nitrogen and oxygen atoms in total. The number of nitriles is 1. The fourth-order valence-electron chi connectivity index (χ4n) is 8.87. The number of hydrogen-bond donors (Lipinski definition) is 0. The Labute approximate surface area is 311 Å². The number of fused-ring (bicyclic) bond motifs is 9. The zero-order valence-corrected chi connectivity index (χ0v) is 29.5. The molecule has 0 spiro atoms. The van der Waals surface area contributed by atoms with E-state index in [1.165, 1.54) is 38.1 Å². The molecule has 0 unspecified atom stereocenters. The van der Waals surface area contributed by atoms with Crippen LogP contribution in [0.25, 0.3) is 93.6 Å². The van der Waals surface area contributed by atoms with E-state index in [4.69, 9.17) is 0 Å². The van der Waals surface area contributed by atoms with Crippen LogP contribution >= 0.6 is 0 Å². The standard InChI is InChI=1S/C50H32N4/c1-32-25-27-40-37-16-4-9-22-45(37)53(49(40)29-32)46-23-10-5-17-38(46)41-19-12-13-33(31-51)50(41)54-47-24-11-6-18-39(47)42-30-34(26-28-48(42)54)52-43-20-7-2-14-35(43)36-15-3-8-21-44(36)52/h2-30H,1H3. The highest BCUT2D eigenvalue weighted by Gasteiger charge is 2.23. The molecule has 0 saturated carbocycles. The van der Waals surface area contributed by atoms with Crippen LogP contribution in [-0.2, 0) is 0 Å². The lowest BCUT2D eigenvalue weighted by atomic mass is 9.98. The molecule has 0 radical (unpaired) electrons. The first-order chi connectivity index (χ1) is 26.7. The molecule has 0 aliphatic heterocycles. The fourth-order valence-corrected chi connectivity index (χ4v) is 8.87. The van der Waals surface area contributed by atoms with Crippen LogP contribution in [0.2, 0.25) is 0 Å². The van der Waals surface area contributed by atoms with Gasteiger partial charge >= 0.3 is 0 Å². The minimum Gasteiger partial charge on any atom is -0.309 e. The first-order valence-electron chi connectivity index (χ1n) is 18.3. The second-order valence-electron chi connectivity index (χ2n) is 14.1. The Morgan fingerprint density at radius 2 is 0.907 bits per heavy atom. The highest BCUT2D eigenvalue weighted by molar-refractivity contribution is 6.13. The average Bonchev–Trinajstić information content (AvgIpc) is 3.85. The van der Waals surface area contributed by atoms with E-state index in [-0.39, 0.29) is 0 Å². The van der Waals surface area contributed by atoms with Crippen molar-refractivity contribution in [2.45, 2.75) is 6.92 Å². The molecular weight excluding hydrogens is 657 g/mol. The van der Waals surface area contributed by atoms with Crippen LogP contribution in [0.5, 0.6) is 0 Å². The highest BCUT2D eigenvalue weighted by atomic mass is 15.0. The topological polar surface area (TPSA) is 38.6 Å². The monoisotopic (exact) mass is 688 g/mol. The van der Waals surface area contributed by atoms with Gasteiger partial charge in [0.1, 0.15) is 6.07 Å². The third-order valence-electron chi connectivity index (χ3n) is 11.1. The van der Waals surface area contributed by atoms with Gasteiger partial charge in [-0.05, 0) is 73.2 Å². The van der Waals surface area contributed by atoms with E-state index >= 15 is 0 Å². The van der Waals surface area contributed by atoms with Gasteiger partial charge in [-0.15, -0.1) is 0 Å². The average molecular weight is 689 g/mol. The van der Waals surface area contributed by atoms with Crippen LogP contribution in [0, 0.1) is 18.3 Å². The molecule has 0 bridgehead atoms. The van der Waals surface area contributed by atoms with E-state index in [2.05, 4.69) is 190 Å². The number of hydrogen-bond acceptors (Lipinski definition) is 1. The van der Waals surface area contributed by atoms with Crippen molar-refractivity contribution >= 4 is 65.4 Å². The Hall–Kier alpha value is -7.35. The van der Waals surface area contributed by atoms with Crippen molar-refractivity contribution in [2.24, 2.45) is 0 Å². The molecule has 3 heterocycles. The summed E-state index contributed by atoms with van der Waals surface area (Å²) in [5.41, 5.74) is 13.7. The van der Waals surface area contributed by atoms with Gasteiger partial charge in [0, 0.05) is 49.1 Å². The predicted octanol–water partition coefficient (Wildman–Crippen LogP) is 12.8. The number of aryl methyl sites for hydroxylation is 1. The van der Waals surface area contributed by atoms with Gasteiger partial charge in [0.15, 0.2) is 0 Å². The largest absolute Gasteiger partial charge is 0.309 e. The molecule has 0 fully saturated rings.